The van der Waals surface area contributed by atoms with Crippen molar-refractivity contribution in [3.63, 3.8) is 0 Å². The highest BCUT2D eigenvalue weighted by Gasteiger charge is 2.28. The lowest BCUT2D eigenvalue weighted by molar-refractivity contribution is -0.125. The van der Waals surface area contributed by atoms with Crippen molar-refractivity contribution in [2.45, 2.75) is 125 Å². The minimum absolute atomic E-state index is 0.00844. The van der Waals surface area contributed by atoms with Crippen LogP contribution in [0.25, 0.3) is 0 Å². The number of carbonyl (C=O) groups is 2. The molecule has 0 saturated carbocycles. The number of benzene rings is 1. The molecule has 2 N–H and O–H groups in total. The van der Waals surface area contributed by atoms with Gasteiger partial charge in [0.1, 0.15) is 0 Å². The van der Waals surface area contributed by atoms with Gasteiger partial charge >= 0.3 is 0 Å². The van der Waals surface area contributed by atoms with E-state index in [2.05, 4.69) is 24.5 Å². The smallest absolute Gasteiger partial charge is 0.230 e. The standard InChI is InChI=1S/C29H50N2O2/c1-7-9-10-11-12-13-14-15-16-17-22-29(5,6)27(33)31-25-20-18-19-24(23-25)30-26(32)28(3,4)21-8-2/h18-20,23H,7-17,21-22H2,1-6H3,(H,30,32)(H,31,33). The number of anilines is 2. The molecule has 0 saturated heterocycles. The van der Waals surface area contributed by atoms with Crippen LogP contribution >= 0.6 is 0 Å². The first-order chi connectivity index (χ1) is 15.6. The van der Waals surface area contributed by atoms with Gasteiger partial charge in [0, 0.05) is 22.2 Å². The van der Waals surface area contributed by atoms with Crippen LogP contribution in [-0.2, 0) is 9.59 Å². The predicted octanol–water partition coefficient (Wildman–Crippen LogP) is 8.73. The van der Waals surface area contributed by atoms with Gasteiger partial charge in [0.2, 0.25) is 11.8 Å². The second-order valence-electron chi connectivity index (χ2n) is 10.9. The van der Waals surface area contributed by atoms with Crippen molar-refractivity contribution in [1.29, 1.82) is 0 Å². The molecule has 0 unspecified atom stereocenters. The van der Waals surface area contributed by atoms with Crippen molar-refractivity contribution in [3.8, 4) is 0 Å². The Kier molecular flexibility index (Phi) is 13.4. The summed E-state index contributed by atoms with van der Waals surface area (Å²) in [6, 6.07) is 7.45. The Balaban J connectivity index is 2.42. The molecule has 0 aromatic heterocycles. The number of nitrogens with one attached hydrogen (secondary N) is 2. The van der Waals surface area contributed by atoms with E-state index >= 15 is 0 Å². The molecule has 4 nitrogen and oxygen atoms in total. The lowest BCUT2D eigenvalue weighted by Crippen LogP contribution is -2.31. The van der Waals surface area contributed by atoms with Crippen LogP contribution in [-0.4, -0.2) is 11.8 Å². The van der Waals surface area contributed by atoms with Crippen LogP contribution in [0, 0.1) is 10.8 Å². The number of unbranched alkanes of at least 4 members (excludes halogenated alkanes) is 9. The third kappa shape index (κ3) is 11.7. The van der Waals surface area contributed by atoms with Gasteiger partial charge in [0.05, 0.1) is 0 Å². The van der Waals surface area contributed by atoms with E-state index in [0.717, 1.165) is 37.1 Å². The molecule has 4 heteroatoms. The van der Waals surface area contributed by atoms with Gasteiger partial charge in [-0.2, -0.15) is 0 Å². The summed E-state index contributed by atoms with van der Waals surface area (Å²) in [5, 5.41) is 6.06. The Labute approximate surface area is 203 Å². The van der Waals surface area contributed by atoms with Crippen LogP contribution in [0.15, 0.2) is 24.3 Å². The van der Waals surface area contributed by atoms with Crippen molar-refractivity contribution in [3.05, 3.63) is 24.3 Å². The van der Waals surface area contributed by atoms with Gasteiger partial charge in [0.15, 0.2) is 0 Å². The molecule has 1 rings (SSSR count). The van der Waals surface area contributed by atoms with Crippen molar-refractivity contribution >= 4 is 23.2 Å². The number of amides is 2. The summed E-state index contributed by atoms with van der Waals surface area (Å²) in [7, 11) is 0. The van der Waals surface area contributed by atoms with Crippen LogP contribution in [0.5, 0.6) is 0 Å². The Bertz CT molecular complexity index is 709. The van der Waals surface area contributed by atoms with E-state index in [0.29, 0.717) is 0 Å². The fraction of sp³-hybridized carbons (Fsp3) is 0.724. The maximum Gasteiger partial charge on any atom is 0.230 e. The average molecular weight is 459 g/mol. The predicted molar refractivity (Wildman–Crippen MR) is 143 cm³/mol. The van der Waals surface area contributed by atoms with Gasteiger partial charge in [-0.15, -0.1) is 0 Å². The van der Waals surface area contributed by atoms with Gasteiger partial charge in [0.25, 0.3) is 0 Å². The molecule has 0 atom stereocenters. The highest BCUT2D eigenvalue weighted by atomic mass is 16.2. The van der Waals surface area contributed by atoms with E-state index in [1.165, 1.54) is 57.8 Å². The van der Waals surface area contributed by atoms with Crippen molar-refractivity contribution in [2.24, 2.45) is 10.8 Å². The summed E-state index contributed by atoms with van der Waals surface area (Å²) < 4.78 is 0. The lowest BCUT2D eigenvalue weighted by atomic mass is 9.85. The third-order valence-corrected chi connectivity index (χ3v) is 6.64. The molecule has 0 radical (unpaired) electrons. The topological polar surface area (TPSA) is 58.2 Å². The summed E-state index contributed by atoms with van der Waals surface area (Å²) in [6.07, 6.45) is 15.7. The van der Waals surface area contributed by atoms with Gasteiger partial charge in [-0.25, -0.2) is 0 Å². The second kappa shape index (κ2) is 15.1. The summed E-state index contributed by atoms with van der Waals surface area (Å²) in [5.41, 5.74) is 0.616. The van der Waals surface area contributed by atoms with E-state index < -0.39 is 10.8 Å². The third-order valence-electron chi connectivity index (χ3n) is 6.64. The molecule has 0 aliphatic carbocycles. The Morgan fingerprint density at radius 2 is 1.06 bits per heavy atom. The van der Waals surface area contributed by atoms with Gasteiger partial charge in [-0.3, -0.25) is 9.59 Å². The largest absolute Gasteiger partial charge is 0.326 e. The number of rotatable bonds is 17. The maximum absolute atomic E-state index is 12.9. The molecule has 0 bridgehead atoms. The van der Waals surface area contributed by atoms with E-state index in [1.54, 1.807) is 0 Å². The van der Waals surface area contributed by atoms with Crippen LogP contribution in [0.2, 0.25) is 0 Å². The van der Waals surface area contributed by atoms with Gasteiger partial charge < -0.3 is 10.6 Å². The van der Waals surface area contributed by atoms with E-state index in [-0.39, 0.29) is 11.8 Å². The summed E-state index contributed by atoms with van der Waals surface area (Å²) in [6.45, 7) is 12.3. The highest BCUT2D eigenvalue weighted by Crippen LogP contribution is 2.28. The summed E-state index contributed by atoms with van der Waals surface area (Å²) in [5.74, 6) is 0.0438. The zero-order chi connectivity index (χ0) is 24.7. The van der Waals surface area contributed by atoms with Crippen LogP contribution in [0.3, 0.4) is 0 Å². The van der Waals surface area contributed by atoms with E-state index in [9.17, 15) is 9.59 Å². The molecule has 0 heterocycles. The highest BCUT2D eigenvalue weighted by molar-refractivity contribution is 5.97. The first-order valence-corrected chi connectivity index (χ1v) is 13.4. The number of hydrogen-bond donors (Lipinski definition) is 2. The lowest BCUT2D eigenvalue weighted by Gasteiger charge is -2.24. The number of hydrogen-bond acceptors (Lipinski definition) is 2. The van der Waals surface area contributed by atoms with Crippen LogP contribution < -0.4 is 10.6 Å². The van der Waals surface area contributed by atoms with Crippen molar-refractivity contribution < 1.29 is 9.59 Å². The normalized spacial score (nSPS) is 11.9. The molecule has 0 spiro atoms. The van der Waals surface area contributed by atoms with Crippen LogP contribution in [0.4, 0.5) is 11.4 Å². The molecule has 1 aromatic rings. The molecule has 188 valence electrons. The quantitative estimate of drug-likeness (QED) is 0.229. The Hall–Kier alpha value is -1.84. The SMILES string of the molecule is CCCCCCCCCCCCC(C)(C)C(=O)Nc1cccc(NC(=O)C(C)(C)CCC)c1. The minimum Gasteiger partial charge on any atom is -0.326 e. The minimum atomic E-state index is -0.414. The van der Waals surface area contributed by atoms with E-state index in [1.807, 2.05) is 52.0 Å². The molecule has 2 amide bonds. The molecule has 1 aromatic carbocycles. The zero-order valence-electron chi connectivity index (χ0n) is 22.3. The Morgan fingerprint density at radius 1 is 0.636 bits per heavy atom. The molecular formula is C29H50N2O2. The average Bonchev–Trinajstić information content (AvgIpc) is 2.75. The monoisotopic (exact) mass is 458 g/mol. The maximum atomic E-state index is 12.9. The summed E-state index contributed by atoms with van der Waals surface area (Å²) >= 11 is 0. The molecule has 33 heavy (non-hydrogen) atoms. The fourth-order valence-electron chi connectivity index (χ4n) is 4.18. The molecular weight excluding hydrogens is 408 g/mol. The summed E-state index contributed by atoms with van der Waals surface area (Å²) in [4.78, 5) is 25.5. The van der Waals surface area contributed by atoms with Gasteiger partial charge in [-0.1, -0.05) is 118 Å². The number of carbonyl (C=O) groups excluding carboxylic acids is 2. The molecule has 0 aliphatic rings. The fourth-order valence-corrected chi connectivity index (χ4v) is 4.18. The molecule has 0 aliphatic heterocycles. The van der Waals surface area contributed by atoms with Crippen LogP contribution in [0.1, 0.15) is 125 Å². The van der Waals surface area contributed by atoms with Gasteiger partial charge in [-0.05, 0) is 31.0 Å². The first-order valence-electron chi connectivity index (χ1n) is 13.4. The van der Waals surface area contributed by atoms with E-state index in [4.69, 9.17) is 0 Å². The Morgan fingerprint density at radius 3 is 1.52 bits per heavy atom. The first kappa shape index (κ1) is 29.2. The molecule has 0 fully saturated rings. The second-order valence-corrected chi connectivity index (χ2v) is 10.9. The van der Waals surface area contributed by atoms with Crippen molar-refractivity contribution in [1.82, 2.24) is 0 Å². The van der Waals surface area contributed by atoms with Crippen molar-refractivity contribution in [2.75, 3.05) is 10.6 Å². The zero-order valence-corrected chi connectivity index (χ0v) is 22.3.